The lowest BCUT2D eigenvalue weighted by Crippen LogP contribution is -2.66. The van der Waals surface area contributed by atoms with E-state index in [2.05, 4.69) is 41.5 Å². The number of hydrogen-bond donors (Lipinski definition) is 2. The van der Waals surface area contributed by atoms with E-state index in [1.165, 1.54) is 38.5 Å². The van der Waals surface area contributed by atoms with Crippen LogP contribution in [-0.4, -0.2) is 28.7 Å². The maximum absolute atomic E-state index is 12.8. The highest BCUT2D eigenvalue weighted by Gasteiger charge is 2.70. The van der Waals surface area contributed by atoms with Gasteiger partial charge in [0.05, 0.1) is 6.10 Å². The molecule has 5 saturated carbocycles. The van der Waals surface area contributed by atoms with Crippen molar-refractivity contribution in [3.8, 4) is 0 Å². The van der Waals surface area contributed by atoms with Crippen molar-refractivity contribution < 1.29 is 15.0 Å². The van der Waals surface area contributed by atoms with Crippen LogP contribution in [0.3, 0.4) is 0 Å². The first-order chi connectivity index (χ1) is 14.8. The SMILES string of the molecule is CC1(C)C2CC[C@]3(C)C(CCC4C5C(C(=O)CO)CC[C@]5(C)CC[C@]43C)[C@@]2(C)CC[C@@H]1O. The Morgan fingerprint density at radius 3 is 2.19 bits per heavy atom. The van der Waals surface area contributed by atoms with E-state index in [1.807, 2.05) is 0 Å². The largest absolute Gasteiger partial charge is 0.393 e. The highest BCUT2D eigenvalue weighted by molar-refractivity contribution is 5.82. The molecule has 0 aromatic carbocycles. The predicted molar refractivity (Wildman–Crippen MR) is 128 cm³/mol. The number of carbonyl (C=O) groups excluding carboxylic acids is 1. The third kappa shape index (κ3) is 2.70. The number of Topliss-reactive ketones (excluding diaryl/α,β-unsaturated/α-hetero) is 1. The van der Waals surface area contributed by atoms with E-state index in [0.717, 1.165) is 25.7 Å². The second-order valence-corrected chi connectivity index (χ2v) is 14.5. The monoisotopic (exact) mass is 444 g/mol. The Hall–Kier alpha value is -0.410. The number of fused-ring (bicyclic) bond motifs is 7. The van der Waals surface area contributed by atoms with Gasteiger partial charge in [-0.15, -0.1) is 0 Å². The van der Waals surface area contributed by atoms with Crippen molar-refractivity contribution >= 4 is 5.78 Å². The number of ketones is 1. The fourth-order valence-corrected chi connectivity index (χ4v) is 11.4. The first-order valence-corrected chi connectivity index (χ1v) is 13.7. The van der Waals surface area contributed by atoms with Gasteiger partial charge in [0.1, 0.15) is 6.61 Å². The van der Waals surface area contributed by atoms with E-state index in [0.29, 0.717) is 34.5 Å². The summed E-state index contributed by atoms with van der Waals surface area (Å²) in [5, 5.41) is 20.6. The Morgan fingerprint density at radius 1 is 0.781 bits per heavy atom. The number of hydrogen-bond acceptors (Lipinski definition) is 3. The molecule has 0 spiro atoms. The summed E-state index contributed by atoms with van der Waals surface area (Å²) in [6, 6.07) is 0. The van der Waals surface area contributed by atoms with Gasteiger partial charge in [-0.2, -0.15) is 0 Å². The molecular formula is C29H48O3. The molecule has 3 nitrogen and oxygen atoms in total. The summed E-state index contributed by atoms with van der Waals surface area (Å²) >= 11 is 0. The van der Waals surface area contributed by atoms with Gasteiger partial charge in [0.25, 0.3) is 0 Å². The molecule has 0 aromatic heterocycles. The van der Waals surface area contributed by atoms with Crippen molar-refractivity contribution in [1.29, 1.82) is 0 Å². The number of rotatable bonds is 2. The zero-order valence-electron chi connectivity index (χ0n) is 21.5. The number of aliphatic hydroxyl groups is 2. The van der Waals surface area contributed by atoms with Gasteiger partial charge in [-0.1, -0.05) is 41.5 Å². The third-order valence-electron chi connectivity index (χ3n) is 13.4. The fraction of sp³-hybridized carbons (Fsp3) is 0.966. The van der Waals surface area contributed by atoms with Gasteiger partial charge in [-0.05, 0) is 115 Å². The molecule has 0 aromatic rings. The Morgan fingerprint density at radius 2 is 1.50 bits per heavy atom. The van der Waals surface area contributed by atoms with Crippen molar-refractivity contribution in [3.05, 3.63) is 0 Å². The Labute approximate surface area is 196 Å². The van der Waals surface area contributed by atoms with Gasteiger partial charge in [0.2, 0.25) is 0 Å². The Kier molecular flexibility index (Phi) is 5.15. The van der Waals surface area contributed by atoms with E-state index < -0.39 is 0 Å². The zero-order chi connectivity index (χ0) is 23.3. The standard InChI is InChI=1S/C29H48O3/c1-25(2)21-10-14-29(6)22(27(21,4)13-11-23(25)32)8-7-19-24-18(20(31)17-30)9-12-26(24,3)15-16-28(19,29)5/h18-19,21-24,30,32H,7-17H2,1-6H3/t18?,19?,21?,22?,23-,24?,26+,27-,28+,29+/m0/s1. The number of carbonyl (C=O) groups is 1. The summed E-state index contributed by atoms with van der Waals surface area (Å²) in [6.45, 7) is 14.6. The molecule has 2 N–H and O–H groups in total. The van der Waals surface area contributed by atoms with E-state index in [9.17, 15) is 15.0 Å². The zero-order valence-corrected chi connectivity index (χ0v) is 21.5. The van der Waals surface area contributed by atoms with E-state index in [4.69, 9.17) is 0 Å². The molecule has 5 rings (SSSR count). The molecule has 5 fully saturated rings. The van der Waals surface area contributed by atoms with Crippen LogP contribution < -0.4 is 0 Å². The van der Waals surface area contributed by atoms with Gasteiger partial charge in [-0.3, -0.25) is 4.79 Å². The molecule has 5 unspecified atom stereocenters. The highest BCUT2D eigenvalue weighted by Crippen LogP contribution is 2.77. The summed E-state index contributed by atoms with van der Waals surface area (Å²) in [7, 11) is 0. The summed E-state index contributed by atoms with van der Waals surface area (Å²) in [5.41, 5.74) is 1.16. The van der Waals surface area contributed by atoms with Crippen molar-refractivity contribution in [2.45, 2.75) is 112 Å². The summed E-state index contributed by atoms with van der Waals surface area (Å²) in [5.74, 6) is 2.54. The van der Waals surface area contributed by atoms with Gasteiger partial charge in [0.15, 0.2) is 5.78 Å². The molecule has 5 aliphatic carbocycles. The second kappa shape index (κ2) is 7.06. The molecule has 32 heavy (non-hydrogen) atoms. The molecule has 0 amide bonds. The Balaban J connectivity index is 1.53. The maximum atomic E-state index is 12.8. The van der Waals surface area contributed by atoms with Crippen molar-refractivity contribution in [3.63, 3.8) is 0 Å². The molecule has 182 valence electrons. The molecule has 10 atom stereocenters. The maximum Gasteiger partial charge on any atom is 0.161 e. The van der Waals surface area contributed by atoms with Crippen LogP contribution in [0.25, 0.3) is 0 Å². The average molecular weight is 445 g/mol. The molecule has 0 heterocycles. The minimum atomic E-state index is -0.280. The lowest BCUT2D eigenvalue weighted by Gasteiger charge is -2.72. The van der Waals surface area contributed by atoms with Gasteiger partial charge in [0, 0.05) is 5.92 Å². The normalized spacial score (nSPS) is 56.5. The molecule has 5 aliphatic rings. The van der Waals surface area contributed by atoms with E-state index >= 15 is 0 Å². The van der Waals surface area contributed by atoms with Crippen molar-refractivity contribution in [1.82, 2.24) is 0 Å². The van der Waals surface area contributed by atoms with Crippen molar-refractivity contribution in [2.75, 3.05) is 6.61 Å². The lowest BCUT2D eigenvalue weighted by molar-refractivity contribution is -0.246. The molecular weight excluding hydrogens is 396 g/mol. The Bertz CT molecular complexity index is 789. The molecule has 0 saturated heterocycles. The van der Waals surface area contributed by atoms with Crippen LogP contribution in [0.4, 0.5) is 0 Å². The minimum Gasteiger partial charge on any atom is -0.393 e. The predicted octanol–water partition coefficient (Wildman–Crippen LogP) is 6.01. The summed E-state index contributed by atoms with van der Waals surface area (Å²) < 4.78 is 0. The van der Waals surface area contributed by atoms with Crippen molar-refractivity contribution in [2.24, 2.45) is 56.7 Å². The van der Waals surface area contributed by atoms with Gasteiger partial charge >= 0.3 is 0 Å². The first-order valence-electron chi connectivity index (χ1n) is 13.7. The summed E-state index contributed by atoms with van der Waals surface area (Å²) in [4.78, 5) is 12.8. The molecule has 0 radical (unpaired) electrons. The van der Waals surface area contributed by atoms with Crippen LogP contribution >= 0.6 is 0 Å². The fourth-order valence-electron chi connectivity index (χ4n) is 11.4. The van der Waals surface area contributed by atoms with Crippen LogP contribution in [-0.2, 0) is 4.79 Å². The van der Waals surface area contributed by atoms with Crippen LogP contribution in [0.5, 0.6) is 0 Å². The lowest BCUT2D eigenvalue weighted by atomic mass is 9.32. The van der Waals surface area contributed by atoms with Gasteiger partial charge in [-0.25, -0.2) is 0 Å². The quantitative estimate of drug-likeness (QED) is 0.548. The van der Waals surface area contributed by atoms with Crippen LogP contribution in [0, 0.1) is 56.7 Å². The summed E-state index contributed by atoms with van der Waals surface area (Å²) in [6.07, 6.45) is 11.6. The minimum absolute atomic E-state index is 0.00130. The molecule has 0 bridgehead atoms. The van der Waals surface area contributed by atoms with Gasteiger partial charge < -0.3 is 10.2 Å². The van der Waals surface area contributed by atoms with Crippen LogP contribution in [0.2, 0.25) is 0 Å². The second-order valence-electron chi connectivity index (χ2n) is 14.5. The average Bonchev–Trinajstić information content (AvgIpc) is 3.09. The van der Waals surface area contributed by atoms with E-state index in [-0.39, 0.29) is 40.7 Å². The molecule has 0 aliphatic heterocycles. The molecule has 3 heteroatoms. The third-order valence-corrected chi connectivity index (χ3v) is 13.4. The van der Waals surface area contributed by atoms with Crippen LogP contribution in [0.15, 0.2) is 0 Å². The highest BCUT2D eigenvalue weighted by atomic mass is 16.3. The smallest absolute Gasteiger partial charge is 0.161 e. The number of aliphatic hydroxyl groups excluding tert-OH is 2. The first kappa shape index (κ1) is 23.3. The topological polar surface area (TPSA) is 57.5 Å². The van der Waals surface area contributed by atoms with Crippen LogP contribution in [0.1, 0.15) is 106 Å². The van der Waals surface area contributed by atoms with E-state index in [1.54, 1.807) is 0 Å².